The number of benzene rings is 1. The number of nitrogen functional groups attached to an aromatic ring is 1. The summed E-state index contributed by atoms with van der Waals surface area (Å²) >= 11 is 1.49. The molecule has 3 N–H and O–H groups in total. The summed E-state index contributed by atoms with van der Waals surface area (Å²) in [6, 6.07) is 8.07. The minimum atomic E-state index is -0.711. The van der Waals surface area contributed by atoms with Crippen molar-refractivity contribution < 1.29 is 19.4 Å². The zero-order chi connectivity index (χ0) is 23.4. The third-order valence-corrected chi connectivity index (χ3v) is 7.37. The zero-order valence-corrected chi connectivity index (χ0v) is 19.6. The number of fused-ring (bicyclic) bond motifs is 1. The first-order valence-electron chi connectivity index (χ1n) is 11.5. The molecule has 2 aromatic rings. The maximum Gasteiger partial charge on any atom is 0.303 e. The molecule has 8 nitrogen and oxygen atoms in total. The number of carboxylic acid groups (broad SMARTS) is 1. The minimum absolute atomic E-state index is 0.144. The van der Waals surface area contributed by atoms with Crippen molar-refractivity contribution in [2.24, 2.45) is 5.92 Å². The van der Waals surface area contributed by atoms with E-state index in [1.54, 1.807) is 4.90 Å². The van der Waals surface area contributed by atoms with Crippen molar-refractivity contribution in [3.63, 3.8) is 0 Å². The highest BCUT2D eigenvalue weighted by Gasteiger charge is 2.30. The third-order valence-electron chi connectivity index (χ3n) is 6.32. The van der Waals surface area contributed by atoms with Crippen molar-refractivity contribution in [3.8, 4) is 5.88 Å². The van der Waals surface area contributed by atoms with Gasteiger partial charge in [0.05, 0.1) is 6.54 Å². The van der Waals surface area contributed by atoms with Crippen LogP contribution < -0.4 is 15.4 Å². The lowest BCUT2D eigenvalue weighted by molar-refractivity contribution is -0.138. The first-order chi connectivity index (χ1) is 16.0. The number of carboxylic acids is 1. The molecule has 1 fully saturated rings. The van der Waals surface area contributed by atoms with Gasteiger partial charge >= 0.3 is 5.97 Å². The molecule has 1 aromatic heterocycles. The van der Waals surface area contributed by atoms with Crippen LogP contribution in [0.3, 0.4) is 0 Å². The van der Waals surface area contributed by atoms with Gasteiger partial charge in [-0.1, -0.05) is 30.8 Å². The van der Waals surface area contributed by atoms with Crippen LogP contribution in [0.4, 0.5) is 11.5 Å². The lowest BCUT2D eigenvalue weighted by Gasteiger charge is -2.28. The van der Waals surface area contributed by atoms with Gasteiger partial charge in [0, 0.05) is 17.9 Å². The first kappa shape index (κ1) is 23.4. The van der Waals surface area contributed by atoms with Crippen molar-refractivity contribution >= 4 is 35.1 Å². The maximum absolute atomic E-state index is 13.3. The molecule has 2 heterocycles. The number of amides is 1. The van der Waals surface area contributed by atoms with Crippen LogP contribution in [0, 0.1) is 5.92 Å². The number of nitrogens with zero attached hydrogens (tertiary/aromatic N) is 3. The van der Waals surface area contributed by atoms with E-state index in [4.69, 9.17) is 15.6 Å². The molecule has 0 spiro atoms. The number of nitrogens with two attached hydrogens (primary N) is 1. The summed E-state index contributed by atoms with van der Waals surface area (Å²) in [5.41, 5.74) is 8.37. The smallest absolute Gasteiger partial charge is 0.303 e. The van der Waals surface area contributed by atoms with Crippen LogP contribution in [0.25, 0.3) is 0 Å². The lowest BCUT2D eigenvalue weighted by atomic mass is 9.77. The van der Waals surface area contributed by atoms with Gasteiger partial charge < -0.3 is 20.5 Å². The molecule has 1 saturated carbocycles. The molecule has 1 aromatic carbocycles. The number of anilines is 2. The zero-order valence-electron chi connectivity index (χ0n) is 18.8. The van der Waals surface area contributed by atoms with Gasteiger partial charge in [-0.2, -0.15) is 4.98 Å². The predicted octanol–water partition coefficient (Wildman–Crippen LogP) is 4.35. The van der Waals surface area contributed by atoms with E-state index in [-0.39, 0.29) is 35.5 Å². The number of thioether (sulfide) groups is 1. The molecule has 1 aliphatic heterocycles. The van der Waals surface area contributed by atoms with Gasteiger partial charge in [-0.15, -0.1) is 0 Å². The molecular formula is C24H30N4O4S. The first-order valence-corrected chi connectivity index (χ1v) is 12.5. The molecule has 0 atom stereocenters. The Balaban J connectivity index is 1.47. The van der Waals surface area contributed by atoms with Crippen LogP contribution in [-0.4, -0.2) is 45.9 Å². The van der Waals surface area contributed by atoms with Crippen LogP contribution >= 0.6 is 11.8 Å². The third kappa shape index (κ3) is 5.40. The Bertz CT molecular complexity index is 1010. The number of hydrogen-bond donors (Lipinski definition) is 2. The summed E-state index contributed by atoms with van der Waals surface area (Å²) in [4.78, 5) is 34.7. The van der Waals surface area contributed by atoms with Crippen molar-refractivity contribution in [2.45, 2.75) is 56.5 Å². The fourth-order valence-electron chi connectivity index (χ4n) is 4.59. The van der Waals surface area contributed by atoms with E-state index in [0.29, 0.717) is 24.2 Å². The molecule has 33 heavy (non-hydrogen) atoms. The number of rotatable bonds is 7. The summed E-state index contributed by atoms with van der Waals surface area (Å²) in [7, 11) is 0. The average molecular weight is 471 g/mol. The second-order valence-electron chi connectivity index (χ2n) is 8.63. The molecule has 0 unspecified atom stereocenters. The number of carbonyl (C=O) groups excluding carboxylic acids is 1. The number of ether oxygens (including phenoxy) is 1. The Labute approximate surface area is 197 Å². The fraction of sp³-hybridized carbons (Fsp3) is 0.500. The van der Waals surface area contributed by atoms with Gasteiger partial charge in [0.2, 0.25) is 5.88 Å². The van der Waals surface area contributed by atoms with Gasteiger partial charge in [0.15, 0.2) is 5.16 Å². The highest BCUT2D eigenvalue weighted by Crippen LogP contribution is 2.38. The summed E-state index contributed by atoms with van der Waals surface area (Å²) in [6.45, 7) is 2.79. The van der Waals surface area contributed by atoms with Gasteiger partial charge in [-0.05, 0) is 61.6 Å². The van der Waals surface area contributed by atoms with Crippen molar-refractivity contribution in [2.75, 3.05) is 29.5 Å². The number of carbonyl (C=O) groups is 2. The van der Waals surface area contributed by atoms with Crippen molar-refractivity contribution in [1.82, 2.24) is 9.97 Å². The quantitative estimate of drug-likeness (QED) is 0.453. The van der Waals surface area contributed by atoms with Crippen LogP contribution in [0.5, 0.6) is 5.88 Å². The van der Waals surface area contributed by atoms with E-state index in [9.17, 15) is 9.59 Å². The summed E-state index contributed by atoms with van der Waals surface area (Å²) in [6.07, 6.45) is 5.11. The van der Waals surface area contributed by atoms with Crippen molar-refractivity contribution in [3.05, 3.63) is 35.4 Å². The molecule has 0 saturated heterocycles. The van der Waals surface area contributed by atoms with Crippen LogP contribution in [0.15, 0.2) is 29.4 Å². The Morgan fingerprint density at radius 3 is 2.61 bits per heavy atom. The Morgan fingerprint density at radius 1 is 1.21 bits per heavy atom. The molecule has 0 bridgehead atoms. The Morgan fingerprint density at radius 2 is 1.94 bits per heavy atom. The van der Waals surface area contributed by atoms with Crippen LogP contribution in [-0.2, 0) is 4.79 Å². The maximum atomic E-state index is 13.3. The van der Waals surface area contributed by atoms with E-state index in [1.165, 1.54) is 17.3 Å². The van der Waals surface area contributed by atoms with E-state index in [0.717, 1.165) is 43.5 Å². The summed E-state index contributed by atoms with van der Waals surface area (Å²) < 4.78 is 5.78. The largest absolute Gasteiger partial charge is 0.481 e. The number of aromatic nitrogens is 2. The van der Waals surface area contributed by atoms with Crippen LogP contribution in [0.2, 0.25) is 0 Å². The topological polar surface area (TPSA) is 119 Å². The monoisotopic (exact) mass is 470 g/mol. The number of hydrogen-bond acceptors (Lipinski definition) is 7. The van der Waals surface area contributed by atoms with Gasteiger partial charge in [0.25, 0.3) is 5.91 Å². The Kier molecular flexibility index (Phi) is 7.37. The fourth-order valence-corrected chi connectivity index (χ4v) is 5.29. The van der Waals surface area contributed by atoms with E-state index in [2.05, 4.69) is 29.0 Å². The molecule has 1 amide bonds. The standard InChI is InChI=1S/C24H30N4O4S/c1-2-13-33-24-26-21(25)20-22(27-24)32-12-11-28(23(20)31)18-9-7-17(8-10-18)16-5-3-15(4-6-16)14-19(29)30/h7-10,15-16H,2-6,11-14H2,1H3,(H,29,30)(H2,25,26,27). The molecule has 176 valence electrons. The molecule has 2 aliphatic rings. The SMILES string of the molecule is CCCSc1nc(N)c2c(n1)OCCN(c1ccc(C3CCC(CC(=O)O)CC3)cc1)C2=O. The normalized spacial score (nSPS) is 20.6. The molecular weight excluding hydrogens is 440 g/mol. The van der Waals surface area contributed by atoms with E-state index in [1.807, 2.05) is 12.1 Å². The molecule has 4 rings (SSSR count). The van der Waals surface area contributed by atoms with Crippen molar-refractivity contribution in [1.29, 1.82) is 0 Å². The average Bonchev–Trinajstić information content (AvgIpc) is 2.97. The molecule has 1 aliphatic carbocycles. The minimum Gasteiger partial charge on any atom is -0.481 e. The highest BCUT2D eigenvalue weighted by molar-refractivity contribution is 7.99. The molecule has 0 radical (unpaired) electrons. The van der Waals surface area contributed by atoms with Gasteiger partial charge in [-0.25, -0.2) is 4.98 Å². The highest BCUT2D eigenvalue weighted by atomic mass is 32.2. The molecule has 9 heteroatoms. The van der Waals surface area contributed by atoms with Gasteiger partial charge in [0.1, 0.15) is 18.0 Å². The second-order valence-corrected chi connectivity index (χ2v) is 9.69. The lowest BCUT2D eigenvalue weighted by Crippen LogP contribution is -2.32. The Hall–Kier alpha value is -2.81. The second kappa shape index (κ2) is 10.4. The van der Waals surface area contributed by atoms with Crippen LogP contribution in [0.1, 0.15) is 67.3 Å². The number of aliphatic carboxylic acids is 1. The van der Waals surface area contributed by atoms with Gasteiger partial charge in [-0.3, -0.25) is 9.59 Å². The summed E-state index contributed by atoms with van der Waals surface area (Å²) in [5, 5.41) is 9.54. The predicted molar refractivity (Wildman–Crippen MR) is 128 cm³/mol. The van der Waals surface area contributed by atoms with E-state index < -0.39 is 5.97 Å². The van der Waals surface area contributed by atoms with E-state index >= 15 is 0 Å². The summed E-state index contributed by atoms with van der Waals surface area (Å²) in [5.74, 6) is 1.00.